The number of amides is 2. The second-order valence-corrected chi connectivity index (χ2v) is 6.91. The maximum Gasteiger partial charge on any atom is 0.305 e. The number of carboxylic acids is 1. The summed E-state index contributed by atoms with van der Waals surface area (Å²) in [5, 5.41) is 13.8. The molecule has 0 fully saturated rings. The van der Waals surface area contributed by atoms with Crippen molar-refractivity contribution in [2.24, 2.45) is 0 Å². The zero-order chi connectivity index (χ0) is 19.5. The lowest BCUT2D eigenvalue weighted by atomic mass is 10.0. The van der Waals surface area contributed by atoms with E-state index in [2.05, 4.69) is 10.6 Å². The minimum Gasteiger partial charge on any atom is -0.481 e. The Bertz CT molecular complexity index is 386. The Kier molecular flexibility index (Phi) is 17.1. The highest BCUT2D eigenvalue weighted by Gasteiger charge is 2.02. The van der Waals surface area contributed by atoms with Crippen LogP contribution in [0.1, 0.15) is 96.3 Å². The molecule has 3 N–H and O–H groups in total. The molecular weight excluding hydrogens is 332 g/mol. The molecule has 0 aliphatic heterocycles. The summed E-state index contributed by atoms with van der Waals surface area (Å²) >= 11 is 0. The van der Waals surface area contributed by atoms with E-state index in [0.717, 1.165) is 25.7 Å². The van der Waals surface area contributed by atoms with Crippen LogP contribution in [-0.4, -0.2) is 36.5 Å². The Morgan fingerprint density at radius 2 is 1.00 bits per heavy atom. The summed E-state index contributed by atoms with van der Waals surface area (Å²) in [6, 6.07) is 0. The van der Waals surface area contributed by atoms with Crippen LogP contribution in [0.3, 0.4) is 0 Å². The van der Waals surface area contributed by atoms with Gasteiger partial charge in [-0.3, -0.25) is 14.4 Å². The third-order valence-electron chi connectivity index (χ3n) is 4.50. The number of carbonyl (C=O) groups is 3. The summed E-state index contributed by atoms with van der Waals surface area (Å²) in [5.74, 6) is -0.781. The lowest BCUT2D eigenvalue weighted by Gasteiger charge is -2.04. The van der Waals surface area contributed by atoms with Gasteiger partial charge in [-0.25, -0.2) is 0 Å². The summed E-state index contributed by atoms with van der Waals surface area (Å²) < 4.78 is 0. The molecule has 152 valence electrons. The third kappa shape index (κ3) is 18.7. The monoisotopic (exact) mass is 370 g/mol. The number of aliphatic carboxylic acids is 1. The van der Waals surface area contributed by atoms with Crippen LogP contribution < -0.4 is 10.6 Å². The number of hydrogen-bond donors (Lipinski definition) is 3. The zero-order valence-electron chi connectivity index (χ0n) is 16.5. The zero-order valence-corrected chi connectivity index (χ0v) is 16.5. The van der Waals surface area contributed by atoms with Gasteiger partial charge >= 0.3 is 5.97 Å². The van der Waals surface area contributed by atoms with Crippen LogP contribution in [0.15, 0.2) is 0 Å². The molecule has 0 saturated heterocycles. The molecule has 0 aromatic carbocycles. The molecule has 6 heteroatoms. The fraction of sp³-hybridized carbons (Fsp3) is 0.850. The van der Waals surface area contributed by atoms with Gasteiger partial charge in [0.25, 0.3) is 0 Å². The van der Waals surface area contributed by atoms with E-state index < -0.39 is 5.97 Å². The summed E-state index contributed by atoms with van der Waals surface area (Å²) in [5.41, 5.74) is 0. The molecule has 0 unspecified atom stereocenters. The SMILES string of the molecule is CNC(=O)CCCCCCCCCCCCCCC(=O)NCCC(=O)O. The van der Waals surface area contributed by atoms with E-state index >= 15 is 0 Å². The van der Waals surface area contributed by atoms with Crippen molar-refractivity contribution in [2.45, 2.75) is 96.3 Å². The molecule has 0 aliphatic rings. The average Bonchev–Trinajstić information content (AvgIpc) is 2.61. The van der Waals surface area contributed by atoms with Crippen molar-refractivity contribution in [3.05, 3.63) is 0 Å². The van der Waals surface area contributed by atoms with Gasteiger partial charge in [0.15, 0.2) is 0 Å². The van der Waals surface area contributed by atoms with Crippen LogP contribution in [0.5, 0.6) is 0 Å². The third-order valence-corrected chi connectivity index (χ3v) is 4.50. The van der Waals surface area contributed by atoms with Crippen molar-refractivity contribution in [3.8, 4) is 0 Å². The first-order chi connectivity index (χ1) is 12.6. The predicted molar refractivity (Wildman–Crippen MR) is 104 cm³/mol. The molecule has 0 atom stereocenters. The second kappa shape index (κ2) is 18.2. The van der Waals surface area contributed by atoms with Crippen LogP contribution >= 0.6 is 0 Å². The number of nitrogens with one attached hydrogen (secondary N) is 2. The van der Waals surface area contributed by atoms with Gasteiger partial charge in [-0.15, -0.1) is 0 Å². The van der Waals surface area contributed by atoms with Gasteiger partial charge in [-0.1, -0.05) is 64.2 Å². The van der Waals surface area contributed by atoms with Crippen molar-refractivity contribution < 1.29 is 19.5 Å². The standard InChI is InChI=1S/C20H38N2O4/c1-21-18(23)14-12-10-8-6-4-2-3-5-7-9-11-13-15-19(24)22-17-16-20(25)26/h2-17H2,1H3,(H,21,23)(H,22,24)(H,25,26). The number of hydrogen-bond acceptors (Lipinski definition) is 3. The van der Waals surface area contributed by atoms with Gasteiger partial charge in [0.05, 0.1) is 6.42 Å². The van der Waals surface area contributed by atoms with E-state index in [1.165, 1.54) is 51.4 Å². The Morgan fingerprint density at radius 1 is 0.615 bits per heavy atom. The number of carboxylic acid groups (broad SMARTS) is 1. The van der Waals surface area contributed by atoms with Crippen molar-refractivity contribution >= 4 is 17.8 Å². The minimum atomic E-state index is -0.883. The van der Waals surface area contributed by atoms with Crippen LogP contribution in [0, 0.1) is 0 Å². The Labute approximate surface area is 158 Å². The minimum absolute atomic E-state index is 0.0122. The van der Waals surface area contributed by atoms with Crippen molar-refractivity contribution in [1.82, 2.24) is 10.6 Å². The molecule has 0 heterocycles. The normalized spacial score (nSPS) is 10.5. The molecule has 6 nitrogen and oxygen atoms in total. The molecule has 0 saturated carbocycles. The molecule has 0 rings (SSSR count). The predicted octanol–water partition coefficient (Wildman–Crippen LogP) is 3.78. The fourth-order valence-electron chi connectivity index (χ4n) is 2.86. The summed E-state index contributed by atoms with van der Waals surface area (Å²) in [6.45, 7) is 0.224. The fourth-order valence-corrected chi connectivity index (χ4v) is 2.86. The topological polar surface area (TPSA) is 95.5 Å². The maximum absolute atomic E-state index is 11.5. The van der Waals surface area contributed by atoms with Crippen molar-refractivity contribution in [3.63, 3.8) is 0 Å². The van der Waals surface area contributed by atoms with E-state index in [4.69, 9.17) is 5.11 Å². The van der Waals surface area contributed by atoms with E-state index in [9.17, 15) is 14.4 Å². The summed E-state index contributed by atoms with van der Waals surface area (Å²) in [7, 11) is 1.68. The molecule has 0 aliphatic carbocycles. The number of unbranched alkanes of at least 4 members (excludes halogenated alkanes) is 11. The van der Waals surface area contributed by atoms with E-state index in [1.54, 1.807) is 7.05 Å². The van der Waals surface area contributed by atoms with E-state index in [1.807, 2.05) is 0 Å². The molecule has 2 amide bonds. The lowest BCUT2D eigenvalue weighted by molar-refractivity contribution is -0.137. The number of carbonyl (C=O) groups excluding carboxylic acids is 2. The highest BCUT2D eigenvalue weighted by atomic mass is 16.4. The molecule has 0 spiro atoms. The Morgan fingerprint density at radius 3 is 1.38 bits per heavy atom. The van der Waals surface area contributed by atoms with Gasteiger partial charge in [0.2, 0.25) is 11.8 Å². The summed E-state index contributed by atoms with van der Waals surface area (Å²) in [4.78, 5) is 32.8. The first-order valence-electron chi connectivity index (χ1n) is 10.3. The van der Waals surface area contributed by atoms with Gasteiger partial charge in [0.1, 0.15) is 0 Å². The number of rotatable bonds is 18. The highest BCUT2D eigenvalue weighted by Crippen LogP contribution is 2.13. The van der Waals surface area contributed by atoms with Crippen molar-refractivity contribution in [2.75, 3.05) is 13.6 Å². The van der Waals surface area contributed by atoms with Crippen LogP contribution in [0.25, 0.3) is 0 Å². The average molecular weight is 371 g/mol. The van der Waals surface area contributed by atoms with Gasteiger partial charge in [0, 0.05) is 26.4 Å². The Balaban J connectivity index is 3.16. The van der Waals surface area contributed by atoms with E-state index in [0.29, 0.717) is 12.8 Å². The molecule has 0 aromatic rings. The van der Waals surface area contributed by atoms with E-state index in [-0.39, 0.29) is 24.8 Å². The smallest absolute Gasteiger partial charge is 0.305 e. The molecule has 0 bridgehead atoms. The van der Waals surface area contributed by atoms with Crippen molar-refractivity contribution in [1.29, 1.82) is 0 Å². The molecule has 0 radical (unpaired) electrons. The largest absolute Gasteiger partial charge is 0.481 e. The summed E-state index contributed by atoms with van der Waals surface area (Å²) in [6.07, 6.45) is 15.3. The quantitative estimate of drug-likeness (QED) is 0.320. The second-order valence-electron chi connectivity index (χ2n) is 6.91. The highest BCUT2D eigenvalue weighted by molar-refractivity contribution is 5.76. The first-order valence-corrected chi connectivity index (χ1v) is 10.3. The maximum atomic E-state index is 11.5. The molecule has 0 aromatic heterocycles. The van der Waals surface area contributed by atoms with Gasteiger partial charge in [-0.05, 0) is 12.8 Å². The first kappa shape index (κ1) is 24.4. The van der Waals surface area contributed by atoms with Gasteiger partial charge in [-0.2, -0.15) is 0 Å². The van der Waals surface area contributed by atoms with Gasteiger partial charge < -0.3 is 15.7 Å². The van der Waals surface area contributed by atoms with Crippen LogP contribution in [0.4, 0.5) is 0 Å². The molecule has 26 heavy (non-hydrogen) atoms. The van der Waals surface area contributed by atoms with Crippen LogP contribution in [-0.2, 0) is 14.4 Å². The molecular formula is C20H38N2O4. The lowest BCUT2D eigenvalue weighted by Crippen LogP contribution is -2.25. The Hall–Kier alpha value is -1.59. The van der Waals surface area contributed by atoms with Crippen LogP contribution in [0.2, 0.25) is 0 Å².